The molecule has 0 aliphatic carbocycles. The summed E-state index contributed by atoms with van der Waals surface area (Å²) in [5.41, 5.74) is 0. The summed E-state index contributed by atoms with van der Waals surface area (Å²) in [7, 11) is -6.72. The molecule has 3 heterocycles. The lowest BCUT2D eigenvalue weighted by atomic mass is 10.1. The van der Waals surface area contributed by atoms with Crippen molar-refractivity contribution in [2.24, 2.45) is 0 Å². The maximum absolute atomic E-state index is 13.2. The zero-order valence-corrected chi connectivity index (χ0v) is 19.0. The molecule has 0 N–H and O–H groups in total. The highest BCUT2D eigenvalue weighted by Gasteiger charge is 2.42. The maximum Gasteiger partial charge on any atom is 0.243 e. The van der Waals surface area contributed by atoms with Crippen molar-refractivity contribution in [1.82, 2.24) is 14.1 Å². The van der Waals surface area contributed by atoms with E-state index in [1.807, 2.05) is 0 Å². The highest BCUT2D eigenvalue weighted by molar-refractivity contribution is 7.91. The van der Waals surface area contributed by atoms with Crippen molar-refractivity contribution in [2.75, 3.05) is 44.2 Å². The van der Waals surface area contributed by atoms with E-state index < -0.39 is 25.9 Å². The Hall–Kier alpha value is -1.20. The molecule has 0 spiro atoms. The molecule has 0 radical (unpaired) electrons. The molecule has 0 aromatic heterocycles. The van der Waals surface area contributed by atoms with Gasteiger partial charge in [-0.1, -0.05) is 11.6 Å². The molecule has 0 unspecified atom stereocenters. The second kappa shape index (κ2) is 8.38. The third-order valence-electron chi connectivity index (χ3n) is 6.26. The van der Waals surface area contributed by atoms with Crippen LogP contribution in [0.4, 0.5) is 0 Å². The fourth-order valence-electron chi connectivity index (χ4n) is 4.60. The van der Waals surface area contributed by atoms with Gasteiger partial charge in [-0.15, -0.1) is 0 Å². The molecule has 11 heteroatoms. The van der Waals surface area contributed by atoms with Crippen LogP contribution in [0.3, 0.4) is 0 Å². The first kappa shape index (κ1) is 22.0. The number of amides is 1. The Labute approximate surface area is 182 Å². The molecule has 4 rings (SSSR count). The molecule has 166 valence electrons. The number of hydrogen-bond donors (Lipinski definition) is 0. The highest BCUT2D eigenvalue weighted by atomic mass is 35.5. The number of piperazine rings is 1. The number of sulfonamides is 1. The van der Waals surface area contributed by atoms with E-state index in [1.165, 1.54) is 28.6 Å². The molecule has 3 aliphatic heterocycles. The van der Waals surface area contributed by atoms with Crippen LogP contribution in [0.5, 0.6) is 0 Å². The second-order valence-corrected chi connectivity index (χ2v) is 12.7. The molecular formula is C19H26ClN3O5S2. The van der Waals surface area contributed by atoms with E-state index in [0.717, 1.165) is 0 Å². The Morgan fingerprint density at radius 2 is 1.67 bits per heavy atom. The van der Waals surface area contributed by atoms with Crippen molar-refractivity contribution in [2.45, 2.75) is 36.2 Å². The summed E-state index contributed by atoms with van der Waals surface area (Å²) in [6, 6.07) is 5.33. The van der Waals surface area contributed by atoms with Crippen molar-refractivity contribution in [3.8, 4) is 0 Å². The fourth-order valence-corrected chi connectivity index (χ4v) is 8.14. The Bertz CT molecular complexity index is 1010. The van der Waals surface area contributed by atoms with Gasteiger partial charge in [-0.2, -0.15) is 4.31 Å². The van der Waals surface area contributed by atoms with Gasteiger partial charge in [0.2, 0.25) is 15.9 Å². The average molecular weight is 476 g/mol. The van der Waals surface area contributed by atoms with Gasteiger partial charge in [0, 0.05) is 43.8 Å². The van der Waals surface area contributed by atoms with Crippen LogP contribution in [0.15, 0.2) is 29.2 Å². The lowest BCUT2D eigenvalue weighted by Crippen LogP contribution is -2.56. The van der Waals surface area contributed by atoms with Gasteiger partial charge in [0.05, 0.1) is 16.4 Å². The van der Waals surface area contributed by atoms with Crippen LogP contribution in [0.2, 0.25) is 5.02 Å². The molecule has 3 fully saturated rings. The molecule has 3 saturated heterocycles. The Balaban J connectivity index is 1.41. The minimum absolute atomic E-state index is 0.0283. The quantitative estimate of drug-likeness (QED) is 0.640. The summed E-state index contributed by atoms with van der Waals surface area (Å²) in [4.78, 5) is 17.2. The summed E-state index contributed by atoms with van der Waals surface area (Å²) in [6.07, 6.45) is 1.79. The van der Waals surface area contributed by atoms with Crippen molar-refractivity contribution in [3.63, 3.8) is 0 Å². The van der Waals surface area contributed by atoms with Crippen LogP contribution in [0.25, 0.3) is 0 Å². The van der Waals surface area contributed by atoms with E-state index in [4.69, 9.17) is 11.6 Å². The van der Waals surface area contributed by atoms with E-state index in [2.05, 4.69) is 4.90 Å². The number of carbonyl (C=O) groups is 1. The van der Waals surface area contributed by atoms with Gasteiger partial charge < -0.3 is 4.90 Å². The molecule has 1 aromatic rings. The van der Waals surface area contributed by atoms with Crippen LogP contribution in [0.1, 0.15) is 19.3 Å². The molecular weight excluding hydrogens is 450 g/mol. The highest BCUT2D eigenvalue weighted by Crippen LogP contribution is 2.28. The van der Waals surface area contributed by atoms with Gasteiger partial charge in [-0.25, -0.2) is 16.8 Å². The largest absolute Gasteiger partial charge is 0.339 e. The lowest BCUT2D eigenvalue weighted by Gasteiger charge is -2.39. The third-order valence-corrected chi connectivity index (χ3v) is 10.2. The van der Waals surface area contributed by atoms with Crippen LogP contribution in [-0.2, 0) is 24.7 Å². The smallest absolute Gasteiger partial charge is 0.243 e. The topological polar surface area (TPSA) is 95.1 Å². The first-order chi connectivity index (χ1) is 14.2. The minimum Gasteiger partial charge on any atom is -0.339 e. The molecule has 1 amide bonds. The second-order valence-electron chi connectivity index (χ2n) is 8.15. The molecule has 30 heavy (non-hydrogen) atoms. The number of nitrogens with zero attached hydrogens (tertiary/aromatic N) is 3. The predicted molar refractivity (Wildman–Crippen MR) is 114 cm³/mol. The summed E-state index contributed by atoms with van der Waals surface area (Å²) in [6.45, 7) is 2.52. The molecule has 8 nitrogen and oxygen atoms in total. The molecule has 0 bridgehead atoms. The molecule has 2 atom stereocenters. The number of sulfone groups is 1. The number of hydrogen-bond acceptors (Lipinski definition) is 6. The van der Waals surface area contributed by atoms with Crippen LogP contribution in [-0.4, -0.2) is 93.2 Å². The summed E-state index contributed by atoms with van der Waals surface area (Å²) in [5, 5.41) is 0.455. The van der Waals surface area contributed by atoms with E-state index >= 15 is 0 Å². The molecule has 0 saturated carbocycles. The number of rotatable bonds is 4. The fraction of sp³-hybridized carbons (Fsp3) is 0.632. The van der Waals surface area contributed by atoms with Gasteiger partial charge in [-0.3, -0.25) is 9.69 Å². The van der Waals surface area contributed by atoms with Crippen LogP contribution < -0.4 is 0 Å². The molecule has 3 aliphatic rings. The van der Waals surface area contributed by atoms with Gasteiger partial charge >= 0.3 is 0 Å². The number of carbonyl (C=O) groups excluding carboxylic acids is 1. The van der Waals surface area contributed by atoms with Crippen molar-refractivity contribution >= 4 is 37.4 Å². The first-order valence-corrected chi connectivity index (χ1v) is 13.8. The van der Waals surface area contributed by atoms with E-state index in [9.17, 15) is 21.6 Å². The predicted octanol–water partition coefficient (Wildman–Crippen LogP) is 0.824. The van der Waals surface area contributed by atoms with Gasteiger partial charge in [0.25, 0.3) is 0 Å². The summed E-state index contributed by atoms with van der Waals surface area (Å²) >= 11 is 5.87. The number of benzene rings is 1. The van der Waals surface area contributed by atoms with E-state index in [0.29, 0.717) is 57.0 Å². The Kier molecular flexibility index (Phi) is 6.15. The first-order valence-electron chi connectivity index (χ1n) is 10.2. The van der Waals surface area contributed by atoms with Crippen LogP contribution >= 0.6 is 11.6 Å². The van der Waals surface area contributed by atoms with E-state index in [1.54, 1.807) is 4.90 Å². The van der Waals surface area contributed by atoms with Crippen LogP contribution in [0, 0.1) is 0 Å². The number of halogens is 1. The Morgan fingerprint density at radius 3 is 2.27 bits per heavy atom. The summed E-state index contributed by atoms with van der Waals surface area (Å²) < 4.78 is 50.9. The SMILES string of the molecule is O=C([C@H]1CCCN1S(=O)(=O)c1ccc(Cl)cc1)N1CCN([C@H]2CCS(=O)(=O)C2)CC1. The van der Waals surface area contributed by atoms with Gasteiger partial charge in [0.1, 0.15) is 6.04 Å². The summed E-state index contributed by atoms with van der Waals surface area (Å²) in [5.74, 6) is 0.260. The van der Waals surface area contributed by atoms with Gasteiger partial charge in [0.15, 0.2) is 9.84 Å². The van der Waals surface area contributed by atoms with Gasteiger partial charge in [-0.05, 0) is 43.5 Å². The van der Waals surface area contributed by atoms with E-state index in [-0.39, 0.29) is 28.4 Å². The maximum atomic E-state index is 13.2. The minimum atomic E-state index is -3.78. The van der Waals surface area contributed by atoms with Crippen molar-refractivity contribution < 1.29 is 21.6 Å². The zero-order valence-electron chi connectivity index (χ0n) is 16.6. The normalized spacial score (nSPS) is 28.1. The average Bonchev–Trinajstić information content (AvgIpc) is 3.35. The zero-order chi connectivity index (χ0) is 21.5. The molecule has 1 aromatic carbocycles. The van der Waals surface area contributed by atoms with Crippen molar-refractivity contribution in [1.29, 1.82) is 0 Å². The lowest BCUT2D eigenvalue weighted by molar-refractivity contribution is -0.136. The Morgan fingerprint density at radius 1 is 1.00 bits per heavy atom. The van der Waals surface area contributed by atoms with Crippen molar-refractivity contribution in [3.05, 3.63) is 29.3 Å². The monoisotopic (exact) mass is 475 g/mol. The third kappa shape index (κ3) is 4.38. The standard InChI is InChI=1S/C19H26ClN3O5S2/c20-15-3-5-17(6-4-15)30(27,28)23-8-1-2-18(23)19(24)22-11-9-21(10-12-22)16-7-13-29(25,26)14-16/h3-6,16,18H,1-2,7-14H2/t16-,18+/m0/s1.